The number of nitrogens with one attached hydrogen (secondary N) is 1. The van der Waals surface area contributed by atoms with E-state index in [1.54, 1.807) is 7.05 Å². The molecule has 0 aliphatic heterocycles. The number of hydrazine groups is 1. The van der Waals surface area contributed by atoms with Gasteiger partial charge in [-0.05, 0) is 12.8 Å². The fourth-order valence-corrected chi connectivity index (χ4v) is 2.80. The van der Waals surface area contributed by atoms with Crippen molar-refractivity contribution < 1.29 is 0 Å². The van der Waals surface area contributed by atoms with Gasteiger partial charge in [0.05, 0.1) is 6.20 Å². The van der Waals surface area contributed by atoms with E-state index in [2.05, 4.69) is 15.4 Å². The number of nitrogens with zero attached hydrogens (tertiary/aromatic N) is 4. The van der Waals surface area contributed by atoms with Crippen LogP contribution in [0.1, 0.15) is 31.7 Å². The number of aromatic nitrogens is 4. The summed E-state index contributed by atoms with van der Waals surface area (Å²) in [5, 5.41) is 0. The van der Waals surface area contributed by atoms with E-state index >= 15 is 0 Å². The second-order valence-electron chi connectivity index (χ2n) is 5.02. The minimum absolute atomic E-state index is 0.0272. The Bertz CT molecular complexity index is 772. The molecule has 3 N–H and O–H groups in total. The summed E-state index contributed by atoms with van der Waals surface area (Å²) < 4.78 is 2.79. The Labute approximate surface area is 114 Å². The van der Waals surface area contributed by atoms with Crippen molar-refractivity contribution in [2.24, 2.45) is 12.9 Å². The van der Waals surface area contributed by atoms with E-state index in [0.717, 1.165) is 25.7 Å². The Morgan fingerprint density at radius 2 is 2.00 bits per heavy atom. The number of aryl methyl sites for hydroxylation is 1. The lowest BCUT2D eigenvalue weighted by Crippen LogP contribution is -2.42. The Morgan fingerprint density at radius 3 is 2.65 bits per heavy atom. The molecule has 0 spiro atoms. The average molecular weight is 276 g/mol. The summed E-state index contributed by atoms with van der Waals surface area (Å²) in [6, 6.07) is 0.0272. The Hall–Kier alpha value is -2.22. The molecule has 8 heteroatoms. The first kappa shape index (κ1) is 12.8. The largest absolute Gasteiger partial charge is 0.318 e. The molecule has 1 aliphatic rings. The number of anilines is 1. The topological polar surface area (TPSA) is 108 Å². The third-order valence-corrected chi connectivity index (χ3v) is 3.86. The summed E-state index contributed by atoms with van der Waals surface area (Å²) in [6.45, 7) is 0. The van der Waals surface area contributed by atoms with Gasteiger partial charge in [-0.3, -0.25) is 19.6 Å². The summed E-state index contributed by atoms with van der Waals surface area (Å²) in [5.74, 6) is 5.54. The predicted molar refractivity (Wildman–Crippen MR) is 74.4 cm³/mol. The van der Waals surface area contributed by atoms with Crippen molar-refractivity contribution in [3.05, 3.63) is 26.9 Å². The molecule has 2 aromatic heterocycles. The maximum absolute atomic E-state index is 12.3. The Balaban J connectivity index is 2.40. The fraction of sp³-hybridized carbons (Fsp3) is 0.500. The quantitative estimate of drug-likeness (QED) is 0.450. The molecular weight excluding hydrogens is 260 g/mol. The van der Waals surface area contributed by atoms with Gasteiger partial charge >= 0.3 is 11.1 Å². The average Bonchev–Trinajstić information content (AvgIpc) is 2.98. The zero-order valence-electron chi connectivity index (χ0n) is 11.2. The third kappa shape index (κ3) is 1.80. The van der Waals surface area contributed by atoms with Crippen LogP contribution >= 0.6 is 0 Å². The maximum atomic E-state index is 12.3. The molecule has 0 bridgehead atoms. The molecule has 20 heavy (non-hydrogen) atoms. The van der Waals surface area contributed by atoms with Crippen LogP contribution in [0.25, 0.3) is 11.2 Å². The van der Waals surface area contributed by atoms with E-state index in [-0.39, 0.29) is 12.0 Å². The molecule has 0 unspecified atom stereocenters. The number of rotatable bonds is 2. The molecule has 8 nitrogen and oxygen atoms in total. The molecule has 0 saturated heterocycles. The smallest absolute Gasteiger partial charge is 0.303 e. The van der Waals surface area contributed by atoms with Crippen molar-refractivity contribution in [2.45, 2.75) is 31.7 Å². The summed E-state index contributed by atoms with van der Waals surface area (Å²) >= 11 is 0. The van der Waals surface area contributed by atoms with Gasteiger partial charge in [0.15, 0.2) is 5.65 Å². The minimum Gasteiger partial charge on any atom is -0.303 e. The summed E-state index contributed by atoms with van der Waals surface area (Å²) in [5.41, 5.74) is 2.26. The highest BCUT2D eigenvalue weighted by molar-refractivity contribution is 5.71. The molecule has 0 atom stereocenters. The lowest BCUT2D eigenvalue weighted by molar-refractivity contribution is 0.507. The van der Waals surface area contributed by atoms with Gasteiger partial charge in [0, 0.05) is 13.1 Å². The zero-order valence-corrected chi connectivity index (χ0v) is 11.2. The van der Waals surface area contributed by atoms with E-state index in [0.29, 0.717) is 11.2 Å². The van der Waals surface area contributed by atoms with Gasteiger partial charge in [0.2, 0.25) is 5.95 Å². The summed E-state index contributed by atoms with van der Waals surface area (Å²) in [6.07, 6.45) is 5.39. The van der Waals surface area contributed by atoms with Crippen LogP contribution in [-0.2, 0) is 7.05 Å². The monoisotopic (exact) mass is 276 g/mol. The molecule has 0 aromatic carbocycles. The highest BCUT2D eigenvalue weighted by Gasteiger charge is 2.23. The van der Waals surface area contributed by atoms with Gasteiger partial charge in [-0.15, -0.1) is 0 Å². The van der Waals surface area contributed by atoms with Crippen molar-refractivity contribution in [1.29, 1.82) is 0 Å². The van der Waals surface area contributed by atoms with Crippen molar-refractivity contribution in [1.82, 2.24) is 19.1 Å². The molecule has 1 saturated carbocycles. The van der Waals surface area contributed by atoms with E-state index in [1.807, 2.05) is 0 Å². The second-order valence-corrected chi connectivity index (χ2v) is 5.02. The van der Waals surface area contributed by atoms with E-state index in [1.165, 1.54) is 15.3 Å². The van der Waals surface area contributed by atoms with Gasteiger partial charge in [0.25, 0.3) is 0 Å². The van der Waals surface area contributed by atoms with Crippen LogP contribution in [0.2, 0.25) is 0 Å². The van der Waals surface area contributed by atoms with Gasteiger partial charge in [-0.2, -0.15) is 4.98 Å². The molecule has 1 aliphatic carbocycles. The molecule has 3 rings (SSSR count). The molecule has 1 fully saturated rings. The first-order valence-electron chi connectivity index (χ1n) is 6.58. The van der Waals surface area contributed by atoms with Crippen molar-refractivity contribution in [3.63, 3.8) is 0 Å². The van der Waals surface area contributed by atoms with Crippen molar-refractivity contribution >= 4 is 17.1 Å². The molecular formula is C12H16N6O2. The van der Waals surface area contributed by atoms with E-state index in [4.69, 9.17) is 5.84 Å². The lowest BCUT2D eigenvalue weighted by Gasteiger charge is -2.17. The van der Waals surface area contributed by atoms with Gasteiger partial charge in [-0.1, -0.05) is 12.8 Å². The lowest BCUT2D eigenvalue weighted by atomic mass is 10.2. The highest BCUT2D eigenvalue weighted by Crippen LogP contribution is 2.29. The highest BCUT2D eigenvalue weighted by atomic mass is 16.2. The van der Waals surface area contributed by atoms with Crippen molar-refractivity contribution in [3.8, 4) is 0 Å². The Kier molecular flexibility index (Phi) is 3.01. The first-order chi connectivity index (χ1) is 9.63. The number of hydrogen-bond acceptors (Lipinski definition) is 6. The maximum Gasteiger partial charge on any atom is 0.318 e. The van der Waals surface area contributed by atoms with Crippen LogP contribution in [-0.4, -0.2) is 19.1 Å². The SMILES string of the molecule is Cn1c(=O)c(=O)n(C2CCCC2)c2nc(NN)ncc21. The first-order valence-corrected chi connectivity index (χ1v) is 6.58. The van der Waals surface area contributed by atoms with Gasteiger partial charge < -0.3 is 4.57 Å². The van der Waals surface area contributed by atoms with Crippen LogP contribution in [0.3, 0.4) is 0 Å². The number of nitrogens with two attached hydrogens (primary N) is 1. The van der Waals surface area contributed by atoms with Crippen molar-refractivity contribution in [2.75, 3.05) is 5.43 Å². The summed E-state index contributed by atoms with van der Waals surface area (Å²) in [7, 11) is 1.55. The van der Waals surface area contributed by atoms with Crippen LogP contribution < -0.4 is 22.4 Å². The van der Waals surface area contributed by atoms with Crippen LogP contribution in [0.5, 0.6) is 0 Å². The third-order valence-electron chi connectivity index (χ3n) is 3.86. The second kappa shape index (κ2) is 4.71. The standard InChI is InChI=1S/C12H16N6O2/c1-17-8-6-14-12(16-13)15-9(8)18(11(20)10(17)19)7-4-2-3-5-7/h6-7H,2-5,13H2,1H3,(H,14,15,16). The van der Waals surface area contributed by atoms with Gasteiger partial charge in [-0.25, -0.2) is 10.8 Å². The fourth-order valence-electron chi connectivity index (χ4n) is 2.80. The molecule has 0 amide bonds. The normalized spacial score (nSPS) is 15.9. The van der Waals surface area contributed by atoms with E-state index < -0.39 is 11.1 Å². The molecule has 2 heterocycles. The number of hydrogen-bond donors (Lipinski definition) is 2. The van der Waals surface area contributed by atoms with Crippen LogP contribution in [0.15, 0.2) is 15.8 Å². The molecule has 106 valence electrons. The minimum atomic E-state index is -0.554. The predicted octanol–water partition coefficient (Wildman–Crippen LogP) is -0.109. The Morgan fingerprint density at radius 1 is 1.30 bits per heavy atom. The van der Waals surface area contributed by atoms with Crippen LogP contribution in [0, 0.1) is 0 Å². The van der Waals surface area contributed by atoms with Gasteiger partial charge in [0.1, 0.15) is 5.52 Å². The molecule has 0 radical (unpaired) electrons. The number of fused-ring (bicyclic) bond motifs is 1. The zero-order chi connectivity index (χ0) is 14.3. The number of nitrogen functional groups attached to an aromatic ring is 1. The summed E-state index contributed by atoms with van der Waals surface area (Å²) in [4.78, 5) is 32.6. The molecule has 2 aromatic rings. The van der Waals surface area contributed by atoms with Crippen LogP contribution in [0.4, 0.5) is 5.95 Å². The van der Waals surface area contributed by atoms with E-state index in [9.17, 15) is 9.59 Å².